The van der Waals surface area contributed by atoms with Gasteiger partial charge in [-0.1, -0.05) is 43.7 Å². The van der Waals surface area contributed by atoms with Crippen LogP contribution in [0.4, 0.5) is 0 Å². The van der Waals surface area contributed by atoms with Crippen molar-refractivity contribution < 1.29 is 9.21 Å². The summed E-state index contributed by atoms with van der Waals surface area (Å²) in [6.45, 7) is 3.52. The highest BCUT2D eigenvalue weighted by Gasteiger charge is 2.29. The molecule has 1 aromatic carbocycles. The molecule has 1 fully saturated rings. The Hall–Kier alpha value is -2.89. The van der Waals surface area contributed by atoms with E-state index < -0.39 is 0 Å². The number of aromatic nitrogens is 3. The van der Waals surface area contributed by atoms with Gasteiger partial charge >= 0.3 is 0 Å². The van der Waals surface area contributed by atoms with Gasteiger partial charge in [-0.3, -0.25) is 9.48 Å². The Bertz CT molecular complexity index is 960. The molecule has 3 aromatic rings. The standard InChI is InChI=1S/C23H28N4O2/c1-3-8-19-14-21(26(2)25-19)23(28)27-12-7-11-18(16-27)22-24-15-20(29-22)13-17-9-5-4-6-10-17/h4-6,9-10,14-15,18H,3,7-8,11-13,16H2,1-2H3/t18-/m1/s1. The average molecular weight is 393 g/mol. The summed E-state index contributed by atoms with van der Waals surface area (Å²) >= 11 is 0. The van der Waals surface area contributed by atoms with Gasteiger partial charge in [0.15, 0.2) is 5.89 Å². The highest BCUT2D eigenvalue weighted by atomic mass is 16.4. The minimum atomic E-state index is 0.0446. The van der Waals surface area contributed by atoms with Crippen molar-refractivity contribution in [1.29, 1.82) is 0 Å². The lowest BCUT2D eigenvalue weighted by Crippen LogP contribution is -2.40. The zero-order valence-corrected chi connectivity index (χ0v) is 17.2. The number of hydrogen-bond acceptors (Lipinski definition) is 4. The number of likely N-dealkylation sites (tertiary alicyclic amines) is 1. The van der Waals surface area contributed by atoms with Crippen molar-refractivity contribution in [2.45, 2.75) is 44.9 Å². The van der Waals surface area contributed by atoms with Gasteiger partial charge in [-0.15, -0.1) is 0 Å². The van der Waals surface area contributed by atoms with E-state index in [0.29, 0.717) is 12.2 Å². The van der Waals surface area contributed by atoms with E-state index in [1.807, 2.05) is 42.4 Å². The smallest absolute Gasteiger partial charge is 0.272 e. The molecule has 1 aliphatic heterocycles. The van der Waals surface area contributed by atoms with E-state index in [-0.39, 0.29) is 11.8 Å². The van der Waals surface area contributed by atoms with Crippen LogP contribution in [-0.4, -0.2) is 38.7 Å². The Balaban J connectivity index is 1.44. The number of benzene rings is 1. The lowest BCUT2D eigenvalue weighted by molar-refractivity contribution is 0.0686. The molecule has 1 aliphatic rings. The minimum absolute atomic E-state index is 0.0446. The van der Waals surface area contributed by atoms with Crippen LogP contribution in [0.5, 0.6) is 0 Å². The van der Waals surface area contributed by atoms with Gasteiger partial charge in [0.1, 0.15) is 11.5 Å². The number of rotatable bonds is 6. The Kier molecular flexibility index (Phi) is 5.79. The highest BCUT2D eigenvalue weighted by molar-refractivity contribution is 5.92. The fourth-order valence-electron chi connectivity index (χ4n) is 4.02. The normalized spacial score (nSPS) is 16.9. The summed E-state index contributed by atoms with van der Waals surface area (Å²) < 4.78 is 7.76. The third-order valence-electron chi connectivity index (χ3n) is 5.51. The van der Waals surface area contributed by atoms with E-state index in [0.717, 1.165) is 56.0 Å². The molecule has 0 bridgehead atoms. The molecule has 6 heteroatoms. The Labute approximate surface area is 171 Å². The number of amides is 1. The van der Waals surface area contributed by atoms with Gasteiger partial charge in [-0.25, -0.2) is 4.98 Å². The second kappa shape index (κ2) is 8.64. The lowest BCUT2D eigenvalue weighted by atomic mass is 9.97. The summed E-state index contributed by atoms with van der Waals surface area (Å²) in [4.78, 5) is 19.5. The van der Waals surface area contributed by atoms with Crippen molar-refractivity contribution in [2.75, 3.05) is 13.1 Å². The van der Waals surface area contributed by atoms with Crippen LogP contribution in [0.3, 0.4) is 0 Å². The summed E-state index contributed by atoms with van der Waals surface area (Å²) in [7, 11) is 1.85. The molecular formula is C23H28N4O2. The van der Waals surface area contributed by atoms with Gasteiger partial charge in [-0.05, 0) is 30.9 Å². The van der Waals surface area contributed by atoms with Crippen LogP contribution < -0.4 is 0 Å². The fourth-order valence-corrected chi connectivity index (χ4v) is 4.02. The van der Waals surface area contributed by atoms with Crippen LogP contribution >= 0.6 is 0 Å². The molecule has 0 aliphatic carbocycles. The molecule has 0 radical (unpaired) electrons. The molecule has 1 saturated heterocycles. The predicted octanol–water partition coefficient (Wildman–Crippen LogP) is 3.97. The molecule has 4 rings (SSSR count). The van der Waals surface area contributed by atoms with Crippen LogP contribution in [0.25, 0.3) is 0 Å². The Morgan fingerprint density at radius 3 is 2.90 bits per heavy atom. The molecule has 0 N–H and O–H groups in total. The van der Waals surface area contributed by atoms with Crippen molar-refractivity contribution >= 4 is 5.91 Å². The van der Waals surface area contributed by atoms with Gasteiger partial charge < -0.3 is 9.32 Å². The van der Waals surface area contributed by atoms with Gasteiger partial charge in [0, 0.05) is 26.6 Å². The number of nitrogens with zero attached hydrogens (tertiary/aromatic N) is 4. The first-order valence-electron chi connectivity index (χ1n) is 10.4. The average Bonchev–Trinajstić information content (AvgIpc) is 3.35. The van der Waals surface area contributed by atoms with Crippen molar-refractivity contribution in [3.63, 3.8) is 0 Å². The molecule has 0 saturated carbocycles. The van der Waals surface area contributed by atoms with Gasteiger partial charge in [0.05, 0.1) is 17.8 Å². The molecule has 0 unspecified atom stereocenters. The number of aryl methyl sites for hydroxylation is 2. The molecule has 1 atom stereocenters. The van der Waals surface area contributed by atoms with Gasteiger partial charge in [-0.2, -0.15) is 5.10 Å². The van der Waals surface area contributed by atoms with Crippen molar-refractivity contribution in [3.8, 4) is 0 Å². The van der Waals surface area contributed by atoms with Crippen LogP contribution in [0, 0.1) is 0 Å². The first kappa shape index (κ1) is 19.4. The summed E-state index contributed by atoms with van der Waals surface area (Å²) in [5.41, 5.74) is 2.84. The van der Waals surface area contributed by atoms with E-state index in [9.17, 15) is 4.79 Å². The molecule has 152 valence electrons. The molecule has 6 nitrogen and oxygen atoms in total. The second-order valence-electron chi connectivity index (χ2n) is 7.81. The molecule has 1 amide bonds. The van der Waals surface area contributed by atoms with E-state index in [4.69, 9.17) is 4.42 Å². The zero-order chi connectivity index (χ0) is 20.2. The third-order valence-corrected chi connectivity index (χ3v) is 5.51. The van der Waals surface area contributed by atoms with Gasteiger partial charge in [0.25, 0.3) is 5.91 Å². The molecule has 3 heterocycles. The summed E-state index contributed by atoms with van der Waals surface area (Å²) in [5, 5.41) is 4.47. The highest BCUT2D eigenvalue weighted by Crippen LogP contribution is 2.28. The largest absolute Gasteiger partial charge is 0.445 e. The molecular weight excluding hydrogens is 364 g/mol. The van der Waals surface area contributed by atoms with Crippen molar-refractivity contribution in [2.24, 2.45) is 7.05 Å². The summed E-state index contributed by atoms with van der Waals surface area (Å²) in [5.74, 6) is 1.79. The minimum Gasteiger partial charge on any atom is -0.445 e. The van der Waals surface area contributed by atoms with E-state index in [1.54, 1.807) is 4.68 Å². The number of oxazole rings is 1. The lowest BCUT2D eigenvalue weighted by Gasteiger charge is -2.31. The Morgan fingerprint density at radius 2 is 2.10 bits per heavy atom. The van der Waals surface area contributed by atoms with Crippen LogP contribution in [0.2, 0.25) is 0 Å². The molecule has 0 spiro atoms. The van der Waals surface area contributed by atoms with Gasteiger partial charge in [0.2, 0.25) is 0 Å². The van der Waals surface area contributed by atoms with E-state index >= 15 is 0 Å². The molecule has 2 aromatic heterocycles. The van der Waals surface area contributed by atoms with Crippen molar-refractivity contribution in [3.05, 3.63) is 71.2 Å². The van der Waals surface area contributed by atoms with E-state index in [2.05, 4.69) is 29.1 Å². The maximum absolute atomic E-state index is 13.1. The maximum Gasteiger partial charge on any atom is 0.272 e. The number of hydrogen-bond donors (Lipinski definition) is 0. The first-order valence-corrected chi connectivity index (χ1v) is 10.4. The van der Waals surface area contributed by atoms with Crippen LogP contribution in [0.15, 0.2) is 47.0 Å². The summed E-state index contributed by atoms with van der Waals surface area (Å²) in [6, 6.07) is 12.2. The van der Waals surface area contributed by atoms with Crippen LogP contribution in [0.1, 0.15) is 65.5 Å². The summed E-state index contributed by atoms with van der Waals surface area (Å²) in [6.07, 6.45) is 6.41. The second-order valence-corrected chi connectivity index (χ2v) is 7.81. The fraction of sp³-hybridized carbons (Fsp3) is 0.435. The number of carbonyl (C=O) groups is 1. The Morgan fingerprint density at radius 1 is 1.28 bits per heavy atom. The predicted molar refractivity (Wildman–Crippen MR) is 111 cm³/mol. The van der Waals surface area contributed by atoms with Crippen LogP contribution in [-0.2, 0) is 19.9 Å². The zero-order valence-electron chi connectivity index (χ0n) is 17.2. The van der Waals surface area contributed by atoms with Crippen molar-refractivity contribution in [1.82, 2.24) is 19.7 Å². The monoisotopic (exact) mass is 392 g/mol. The quantitative estimate of drug-likeness (QED) is 0.637. The molecule has 29 heavy (non-hydrogen) atoms. The SMILES string of the molecule is CCCc1cc(C(=O)N2CCC[C@@H](c3ncc(Cc4ccccc4)o3)C2)n(C)n1. The third kappa shape index (κ3) is 4.42. The number of carbonyl (C=O) groups excluding carboxylic acids is 1. The van der Waals surface area contributed by atoms with E-state index in [1.165, 1.54) is 5.56 Å². The topological polar surface area (TPSA) is 64.2 Å². The number of piperidine rings is 1. The maximum atomic E-state index is 13.1. The first-order chi connectivity index (χ1) is 14.1.